The lowest BCUT2D eigenvalue weighted by Gasteiger charge is -2.34. The van der Waals surface area contributed by atoms with Gasteiger partial charge in [-0.2, -0.15) is 0 Å². The third-order valence-corrected chi connectivity index (χ3v) is 5.96. The Morgan fingerprint density at radius 1 is 1.17 bits per heavy atom. The Labute approximate surface area is 172 Å². The fourth-order valence-electron chi connectivity index (χ4n) is 4.22. The summed E-state index contributed by atoms with van der Waals surface area (Å²) in [6.07, 6.45) is 9.88. The van der Waals surface area contributed by atoms with Crippen molar-refractivity contribution in [2.24, 2.45) is 0 Å². The van der Waals surface area contributed by atoms with E-state index in [1.807, 2.05) is 34.0 Å². The standard InChI is InChI=1S/C24H30N4O/c1-19(7-8-20-5-3-2-4-6-20)26-22-11-15-27(16-12-22)24(29)18-28-14-10-21-9-13-25-17-23(21)28/h2-6,9-10,13-14,17,19,22,26H,7-8,11-12,15-16,18H2,1H3. The average molecular weight is 391 g/mol. The zero-order valence-corrected chi connectivity index (χ0v) is 17.1. The molecule has 0 bridgehead atoms. The minimum atomic E-state index is 0.196. The highest BCUT2D eigenvalue weighted by atomic mass is 16.2. The van der Waals surface area contributed by atoms with Gasteiger partial charge in [0.25, 0.3) is 0 Å². The summed E-state index contributed by atoms with van der Waals surface area (Å²) in [6, 6.07) is 15.7. The first-order valence-electron chi connectivity index (χ1n) is 10.7. The highest BCUT2D eigenvalue weighted by Gasteiger charge is 2.23. The molecule has 4 rings (SSSR count). The van der Waals surface area contributed by atoms with Crippen molar-refractivity contribution in [1.29, 1.82) is 0 Å². The van der Waals surface area contributed by atoms with Crippen LogP contribution >= 0.6 is 0 Å². The number of aromatic nitrogens is 2. The molecule has 1 atom stereocenters. The summed E-state index contributed by atoms with van der Waals surface area (Å²) in [4.78, 5) is 19.0. The van der Waals surface area contributed by atoms with Crippen LogP contribution in [0, 0.1) is 0 Å². The Morgan fingerprint density at radius 3 is 2.76 bits per heavy atom. The van der Waals surface area contributed by atoms with Crippen molar-refractivity contribution < 1.29 is 4.79 Å². The summed E-state index contributed by atoms with van der Waals surface area (Å²) >= 11 is 0. The molecule has 1 aliphatic heterocycles. The number of aryl methyl sites for hydroxylation is 1. The zero-order valence-electron chi connectivity index (χ0n) is 17.1. The molecule has 0 spiro atoms. The maximum Gasteiger partial charge on any atom is 0.242 e. The number of carbonyl (C=O) groups is 1. The third kappa shape index (κ3) is 5.04. The lowest BCUT2D eigenvalue weighted by atomic mass is 10.0. The number of carbonyl (C=O) groups excluding carboxylic acids is 1. The number of benzene rings is 1. The molecule has 1 unspecified atom stereocenters. The maximum absolute atomic E-state index is 12.8. The Kier molecular flexibility index (Phi) is 6.25. The number of piperidine rings is 1. The van der Waals surface area contributed by atoms with E-state index in [0.717, 1.165) is 49.7 Å². The Balaban J connectivity index is 1.22. The van der Waals surface area contributed by atoms with Crippen LogP contribution in [0.25, 0.3) is 10.9 Å². The smallest absolute Gasteiger partial charge is 0.242 e. The van der Waals surface area contributed by atoms with Gasteiger partial charge in [-0.1, -0.05) is 30.3 Å². The zero-order chi connectivity index (χ0) is 20.1. The molecule has 3 heterocycles. The first-order valence-corrected chi connectivity index (χ1v) is 10.7. The maximum atomic E-state index is 12.8. The molecule has 1 amide bonds. The summed E-state index contributed by atoms with van der Waals surface area (Å²) in [6.45, 7) is 4.32. The molecule has 0 saturated carbocycles. The molecule has 3 aromatic rings. The van der Waals surface area contributed by atoms with Gasteiger partial charge in [0.05, 0.1) is 11.7 Å². The molecule has 1 aliphatic rings. The Morgan fingerprint density at radius 2 is 1.97 bits per heavy atom. The largest absolute Gasteiger partial charge is 0.341 e. The number of nitrogens with one attached hydrogen (secondary N) is 1. The predicted octanol–water partition coefficient (Wildman–Crippen LogP) is 3.64. The van der Waals surface area contributed by atoms with Crippen molar-refractivity contribution in [2.75, 3.05) is 13.1 Å². The molecule has 1 saturated heterocycles. The Bertz CT molecular complexity index is 928. The van der Waals surface area contributed by atoms with Crippen molar-refractivity contribution in [3.8, 4) is 0 Å². The highest BCUT2D eigenvalue weighted by Crippen LogP contribution is 2.16. The van der Waals surface area contributed by atoms with E-state index in [2.05, 4.69) is 47.6 Å². The molecule has 152 valence electrons. The van der Waals surface area contributed by atoms with Crippen LogP contribution < -0.4 is 5.32 Å². The minimum Gasteiger partial charge on any atom is -0.341 e. The van der Waals surface area contributed by atoms with Gasteiger partial charge in [-0.3, -0.25) is 9.78 Å². The van der Waals surface area contributed by atoms with Crippen LogP contribution in [0.15, 0.2) is 61.1 Å². The monoisotopic (exact) mass is 390 g/mol. The van der Waals surface area contributed by atoms with E-state index in [1.54, 1.807) is 6.20 Å². The van der Waals surface area contributed by atoms with Gasteiger partial charge in [0.1, 0.15) is 6.54 Å². The Hall–Kier alpha value is -2.66. The van der Waals surface area contributed by atoms with Gasteiger partial charge >= 0.3 is 0 Å². The fraction of sp³-hybridized carbons (Fsp3) is 0.417. The van der Waals surface area contributed by atoms with Crippen molar-refractivity contribution in [3.05, 3.63) is 66.6 Å². The van der Waals surface area contributed by atoms with E-state index < -0.39 is 0 Å². The minimum absolute atomic E-state index is 0.196. The molecule has 1 N–H and O–H groups in total. The van der Waals surface area contributed by atoms with Gasteiger partial charge < -0.3 is 14.8 Å². The molecular weight excluding hydrogens is 360 g/mol. The summed E-state index contributed by atoms with van der Waals surface area (Å²) < 4.78 is 2.00. The SMILES string of the molecule is CC(CCc1ccccc1)NC1CCN(C(=O)Cn2ccc3ccncc32)CC1. The molecule has 5 heteroatoms. The van der Waals surface area contributed by atoms with E-state index in [-0.39, 0.29) is 5.91 Å². The van der Waals surface area contributed by atoms with Crippen LogP contribution in [-0.2, 0) is 17.8 Å². The summed E-state index contributed by atoms with van der Waals surface area (Å²) in [7, 11) is 0. The van der Waals surface area contributed by atoms with Crippen molar-refractivity contribution in [2.45, 2.75) is 51.2 Å². The third-order valence-electron chi connectivity index (χ3n) is 5.96. The first-order chi connectivity index (χ1) is 14.2. The summed E-state index contributed by atoms with van der Waals surface area (Å²) in [5.74, 6) is 0.196. The molecule has 1 fully saturated rings. The van der Waals surface area contributed by atoms with Gasteiger partial charge in [-0.15, -0.1) is 0 Å². The van der Waals surface area contributed by atoms with E-state index in [9.17, 15) is 4.79 Å². The first kappa shape index (κ1) is 19.6. The number of hydrogen-bond acceptors (Lipinski definition) is 3. The van der Waals surface area contributed by atoms with Gasteiger partial charge in [0, 0.05) is 43.0 Å². The van der Waals surface area contributed by atoms with Gasteiger partial charge in [0.15, 0.2) is 0 Å². The summed E-state index contributed by atoms with van der Waals surface area (Å²) in [5.41, 5.74) is 2.42. The number of rotatable bonds is 7. The quantitative estimate of drug-likeness (QED) is 0.670. The van der Waals surface area contributed by atoms with Gasteiger partial charge in [0.2, 0.25) is 5.91 Å². The average Bonchev–Trinajstić information content (AvgIpc) is 3.16. The number of amides is 1. The lowest BCUT2D eigenvalue weighted by molar-refractivity contribution is -0.132. The normalized spacial score (nSPS) is 16.2. The molecular formula is C24H30N4O. The van der Waals surface area contributed by atoms with Crippen LogP contribution in [0.2, 0.25) is 0 Å². The van der Waals surface area contributed by atoms with Crippen LogP contribution in [0.1, 0.15) is 31.7 Å². The fourth-order valence-corrected chi connectivity index (χ4v) is 4.22. The van der Waals surface area contributed by atoms with Gasteiger partial charge in [-0.25, -0.2) is 0 Å². The molecule has 0 radical (unpaired) electrons. The van der Waals surface area contributed by atoms with Crippen LogP contribution in [0.5, 0.6) is 0 Å². The topological polar surface area (TPSA) is 50.2 Å². The van der Waals surface area contributed by atoms with E-state index >= 15 is 0 Å². The number of hydrogen-bond donors (Lipinski definition) is 1. The van der Waals surface area contributed by atoms with E-state index in [4.69, 9.17) is 0 Å². The lowest BCUT2D eigenvalue weighted by Crippen LogP contribution is -2.47. The molecule has 2 aromatic heterocycles. The molecule has 0 aliphatic carbocycles. The highest BCUT2D eigenvalue weighted by molar-refractivity contribution is 5.82. The second-order valence-electron chi connectivity index (χ2n) is 8.13. The van der Waals surface area contributed by atoms with E-state index in [1.165, 1.54) is 5.56 Å². The second-order valence-corrected chi connectivity index (χ2v) is 8.13. The van der Waals surface area contributed by atoms with Crippen molar-refractivity contribution in [1.82, 2.24) is 19.8 Å². The number of likely N-dealkylation sites (tertiary alicyclic amines) is 1. The number of nitrogens with zero attached hydrogens (tertiary/aromatic N) is 3. The van der Waals surface area contributed by atoms with Crippen LogP contribution in [0.3, 0.4) is 0 Å². The number of fused-ring (bicyclic) bond motifs is 1. The van der Waals surface area contributed by atoms with Crippen molar-refractivity contribution >= 4 is 16.8 Å². The molecule has 5 nitrogen and oxygen atoms in total. The second kappa shape index (κ2) is 9.23. The van der Waals surface area contributed by atoms with Crippen LogP contribution in [-0.4, -0.2) is 45.5 Å². The summed E-state index contributed by atoms with van der Waals surface area (Å²) in [5, 5.41) is 4.89. The van der Waals surface area contributed by atoms with Crippen molar-refractivity contribution in [3.63, 3.8) is 0 Å². The van der Waals surface area contributed by atoms with E-state index in [0.29, 0.717) is 18.6 Å². The molecule has 1 aromatic carbocycles. The van der Waals surface area contributed by atoms with Gasteiger partial charge in [-0.05, 0) is 50.3 Å². The predicted molar refractivity (Wildman–Crippen MR) is 117 cm³/mol. The number of pyridine rings is 1. The van der Waals surface area contributed by atoms with Crippen LogP contribution in [0.4, 0.5) is 0 Å². The molecule has 29 heavy (non-hydrogen) atoms.